The number of hydrogen-bond donors (Lipinski definition) is 1. The van der Waals surface area contributed by atoms with Crippen LogP contribution in [0.5, 0.6) is 0 Å². The number of nitrogens with zero attached hydrogens (tertiary/aromatic N) is 2. The topological polar surface area (TPSA) is 86.8 Å². The van der Waals surface area contributed by atoms with Crippen LogP contribution in [0.3, 0.4) is 0 Å². The number of benzene rings is 4. The van der Waals surface area contributed by atoms with E-state index in [4.69, 9.17) is 0 Å². The van der Waals surface area contributed by atoms with Crippen molar-refractivity contribution in [3.05, 3.63) is 130 Å². The van der Waals surface area contributed by atoms with Crippen molar-refractivity contribution in [1.29, 1.82) is 0 Å². The maximum Gasteiger partial charge on any atom is 0.264 e. The number of carbonyl (C=O) groups excluding carboxylic acids is 2. The molecule has 0 saturated heterocycles. The number of aryl methyl sites for hydroxylation is 4. The van der Waals surface area contributed by atoms with E-state index in [1.807, 2.05) is 95.3 Å². The van der Waals surface area contributed by atoms with Gasteiger partial charge in [0.1, 0.15) is 12.6 Å². The molecule has 1 N–H and O–H groups in total. The predicted octanol–water partition coefficient (Wildman–Crippen LogP) is 6.28. The zero-order valence-corrected chi connectivity index (χ0v) is 27.6. The van der Waals surface area contributed by atoms with Gasteiger partial charge in [-0.05, 0) is 80.6 Å². The fourth-order valence-electron chi connectivity index (χ4n) is 5.17. The fourth-order valence-corrected chi connectivity index (χ4v) is 6.58. The number of sulfonamides is 1. The van der Waals surface area contributed by atoms with Crippen molar-refractivity contribution in [3.63, 3.8) is 0 Å². The van der Waals surface area contributed by atoms with Crippen molar-refractivity contribution >= 4 is 27.5 Å². The molecule has 236 valence electrons. The molecular weight excluding hydrogens is 582 g/mol. The normalized spacial score (nSPS) is 11.9. The third kappa shape index (κ3) is 8.60. The number of hydrogen-bond acceptors (Lipinski definition) is 4. The lowest BCUT2D eigenvalue weighted by molar-refractivity contribution is -0.140. The third-order valence-electron chi connectivity index (χ3n) is 7.92. The van der Waals surface area contributed by atoms with E-state index in [2.05, 4.69) is 5.32 Å². The standard InChI is InChI=1S/C37H43N3O4S/c1-6-21-38-37(42)35(24-31-12-8-7-9-13-31)39(25-32-14-10-11-28(3)22-32)36(41)26-40(33-18-17-29(4)30(5)23-33)45(43,44)34-19-15-27(2)16-20-34/h7-20,22-23,35H,6,21,24-26H2,1-5H3,(H,38,42)/t35-/m0/s1. The molecule has 45 heavy (non-hydrogen) atoms. The highest BCUT2D eigenvalue weighted by molar-refractivity contribution is 7.92. The molecule has 0 heterocycles. The van der Waals surface area contributed by atoms with Gasteiger partial charge >= 0.3 is 0 Å². The van der Waals surface area contributed by atoms with Gasteiger partial charge in [-0.3, -0.25) is 13.9 Å². The van der Waals surface area contributed by atoms with Crippen LogP contribution in [0, 0.1) is 27.7 Å². The van der Waals surface area contributed by atoms with Crippen LogP contribution in [0.25, 0.3) is 0 Å². The second kappa shape index (κ2) is 15.0. The molecule has 0 saturated carbocycles. The first-order chi connectivity index (χ1) is 21.5. The molecule has 0 spiro atoms. The SMILES string of the molecule is CCCNC(=O)[C@H](Cc1ccccc1)N(Cc1cccc(C)c1)C(=O)CN(c1ccc(C)c(C)c1)S(=O)(=O)c1ccc(C)cc1. The van der Waals surface area contributed by atoms with E-state index in [9.17, 15) is 18.0 Å². The Morgan fingerprint density at radius 3 is 2.09 bits per heavy atom. The Kier molecular flexibility index (Phi) is 11.2. The molecule has 0 aliphatic rings. The number of carbonyl (C=O) groups is 2. The summed E-state index contributed by atoms with van der Waals surface area (Å²) in [6, 6.07) is 28.5. The van der Waals surface area contributed by atoms with Crippen molar-refractivity contribution in [2.24, 2.45) is 0 Å². The monoisotopic (exact) mass is 625 g/mol. The van der Waals surface area contributed by atoms with Crippen LogP contribution >= 0.6 is 0 Å². The first-order valence-corrected chi connectivity index (χ1v) is 16.8. The lowest BCUT2D eigenvalue weighted by Gasteiger charge is -2.34. The summed E-state index contributed by atoms with van der Waals surface area (Å²) in [4.78, 5) is 29.9. The average Bonchev–Trinajstić information content (AvgIpc) is 3.02. The number of nitrogens with one attached hydrogen (secondary N) is 1. The molecule has 2 amide bonds. The van der Waals surface area contributed by atoms with E-state index < -0.39 is 28.5 Å². The second-order valence-corrected chi connectivity index (χ2v) is 13.5. The molecule has 0 aliphatic heterocycles. The Hall–Kier alpha value is -4.43. The van der Waals surface area contributed by atoms with Gasteiger partial charge in [0.05, 0.1) is 10.6 Å². The predicted molar refractivity (Wildman–Crippen MR) is 181 cm³/mol. The Labute approximate surface area is 268 Å². The van der Waals surface area contributed by atoms with Crippen molar-refractivity contribution in [2.75, 3.05) is 17.4 Å². The Morgan fingerprint density at radius 2 is 1.44 bits per heavy atom. The molecule has 4 rings (SSSR count). The van der Waals surface area contributed by atoms with Gasteiger partial charge < -0.3 is 10.2 Å². The Bertz CT molecular complexity index is 1720. The highest BCUT2D eigenvalue weighted by atomic mass is 32.2. The van der Waals surface area contributed by atoms with E-state index in [-0.39, 0.29) is 23.8 Å². The lowest BCUT2D eigenvalue weighted by atomic mass is 10.0. The first kappa shape index (κ1) is 33.5. The summed E-state index contributed by atoms with van der Waals surface area (Å²) < 4.78 is 29.6. The smallest absolute Gasteiger partial charge is 0.264 e. The molecule has 0 aliphatic carbocycles. The number of rotatable bonds is 13. The van der Waals surface area contributed by atoms with E-state index in [1.54, 1.807) is 36.4 Å². The highest BCUT2D eigenvalue weighted by Gasteiger charge is 2.34. The van der Waals surface area contributed by atoms with Crippen LogP contribution in [0.15, 0.2) is 102 Å². The molecular formula is C37H43N3O4S. The maximum absolute atomic E-state index is 14.5. The molecule has 8 heteroatoms. The van der Waals surface area contributed by atoms with Gasteiger partial charge in [0, 0.05) is 19.5 Å². The van der Waals surface area contributed by atoms with Gasteiger partial charge in [0.2, 0.25) is 11.8 Å². The molecule has 0 bridgehead atoms. The molecule has 4 aromatic rings. The Morgan fingerprint density at radius 1 is 0.756 bits per heavy atom. The van der Waals surface area contributed by atoms with Crippen LogP contribution in [0.2, 0.25) is 0 Å². The van der Waals surface area contributed by atoms with E-state index in [1.165, 1.54) is 9.21 Å². The van der Waals surface area contributed by atoms with Crippen molar-refractivity contribution in [1.82, 2.24) is 10.2 Å². The first-order valence-electron chi connectivity index (χ1n) is 15.3. The minimum Gasteiger partial charge on any atom is -0.354 e. The minimum atomic E-state index is -4.14. The Balaban J connectivity index is 1.81. The van der Waals surface area contributed by atoms with Gasteiger partial charge in [0.25, 0.3) is 10.0 Å². The van der Waals surface area contributed by atoms with Gasteiger partial charge in [-0.2, -0.15) is 0 Å². The van der Waals surface area contributed by atoms with Crippen LogP contribution < -0.4 is 9.62 Å². The van der Waals surface area contributed by atoms with Crippen LogP contribution in [-0.2, 0) is 32.6 Å². The van der Waals surface area contributed by atoms with Crippen LogP contribution in [-0.4, -0.2) is 44.3 Å². The molecule has 1 atom stereocenters. The maximum atomic E-state index is 14.5. The minimum absolute atomic E-state index is 0.0888. The quantitative estimate of drug-likeness (QED) is 0.190. The summed E-state index contributed by atoms with van der Waals surface area (Å²) in [6.45, 7) is 9.83. The molecule has 0 unspecified atom stereocenters. The van der Waals surface area contributed by atoms with E-state index in [0.29, 0.717) is 12.2 Å². The van der Waals surface area contributed by atoms with Crippen molar-refractivity contribution in [2.45, 2.75) is 64.9 Å². The van der Waals surface area contributed by atoms with E-state index >= 15 is 0 Å². The van der Waals surface area contributed by atoms with Crippen LogP contribution in [0.4, 0.5) is 5.69 Å². The average molecular weight is 626 g/mol. The van der Waals surface area contributed by atoms with Gasteiger partial charge in [-0.25, -0.2) is 8.42 Å². The highest BCUT2D eigenvalue weighted by Crippen LogP contribution is 2.27. The molecule has 0 radical (unpaired) electrons. The van der Waals surface area contributed by atoms with Crippen molar-refractivity contribution < 1.29 is 18.0 Å². The fraction of sp³-hybridized carbons (Fsp3) is 0.297. The second-order valence-electron chi connectivity index (χ2n) is 11.6. The molecule has 4 aromatic carbocycles. The largest absolute Gasteiger partial charge is 0.354 e. The third-order valence-corrected chi connectivity index (χ3v) is 9.71. The molecule has 7 nitrogen and oxygen atoms in total. The van der Waals surface area contributed by atoms with Gasteiger partial charge in [-0.15, -0.1) is 0 Å². The summed E-state index contributed by atoms with van der Waals surface area (Å²) in [5, 5.41) is 2.98. The van der Waals surface area contributed by atoms with Gasteiger partial charge in [-0.1, -0.05) is 90.8 Å². The van der Waals surface area contributed by atoms with Gasteiger partial charge in [0.15, 0.2) is 0 Å². The summed E-state index contributed by atoms with van der Waals surface area (Å²) >= 11 is 0. The summed E-state index contributed by atoms with van der Waals surface area (Å²) in [7, 11) is -4.14. The summed E-state index contributed by atoms with van der Waals surface area (Å²) in [5.74, 6) is -0.751. The molecule has 0 fully saturated rings. The summed E-state index contributed by atoms with van der Waals surface area (Å²) in [6.07, 6.45) is 1.02. The number of amides is 2. The zero-order valence-electron chi connectivity index (χ0n) is 26.8. The van der Waals surface area contributed by atoms with E-state index in [0.717, 1.165) is 39.8 Å². The number of anilines is 1. The van der Waals surface area contributed by atoms with Crippen molar-refractivity contribution in [3.8, 4) is 0 Å². The van der Waals surface area contributed by atoms with Crippen LogP contribution in [0.1, 0.15) is 46.7 Å². The lowest BCUT2D eigenvalue weighted by Crippen LogP contribution is -2.53. The summed E-state index contributed by atoms with van der Waals surface area (Å²) in [5.41, 5.74) is 5.99. The zero-order chi connectivity index (χ0) is 32.6. The molecule has 0 aromatic heterocycles.